The number of carbonyl (C=O) groups is 1. The van der Waals surface area contributed by atoms with Gasteiger partial charge in [0.2, 0.25) is 5.91 Å². The number of quaternary nitrogens is 1. The third-order valence-electron chi connectivity index (χ3n) is 4.08. The number of ether oxygens (including phenoxy) is 1. The fraction of sp³-hybridized carbons (Fsp3) is 0.500. The van der Waals surface area contributed by atoms with Crippen LogP contribution in [0, 0.1) is 10.1 Å². The molecule has 10 heteroatoms. The monoisotopic (exact) mass is 371 g/mol. The number of amides is 1. The van der Waals surface area contributed by atoms with Crippen LogP contribution >= 0.6 is 0 Å². The number of nitro groups is 1. The zero-order valence-corrected chi connectivity index (χ0v) is 14.1. The van der Waals surface area contributed by atoms with Crippen LogP contribution in [0.5, 0.6) is 5.75 Å². The molecule has 1 aliphatic heterocycles. The third kappa shape index (κ3) is 6.36. The molecule has 2 rings (SSSR count). The van der Waals surface area contributed by atoms with Gasteiger partial charge in [0.05, 0.1) is 37.2 Å². The molecule has 0 saturated carbocycles. The minimum absolute atomic E-state index is 0.0264. The number of nitrogens with zero attached hydrogens (tertiary/aromatic N) is 2. The molecule has 142 valence electrons. The summed E-state index contributed by atoms with van der Waals surface area (Å²) in [6.07, 6.45) is 4.90. The number of rotatable bonds is 8. The summed E-state index contributed by atoms with van der Waals surface area (Å²) in [5.74, 6) is -0.567. The number of hydrogen-bond donors (Lipinski definition) is 2. The van der Waals surface area contributed by atoms with E-state index in [1.165, 1.54) is 11.3 Å². The molecule has 8 nitrogen and oxygen atoms in total. The molecule has 0 aliphatic carbocycles. The molecule has 26 heavy (non-hydrogen) atoms. The molecule has 1 fully saturated rings. The summed E-state index contributed by atoms with van der Waals surface area (Å²) in [5, 5.41) is 14.5. The lowest BCUT2D eigenvalue weighted by molar-refractivity contribution is -0.904. The van der Waals surface area contributed by atoms with E-state index in [-0.39, 0.29) is 22.9 Å². The molecule has 0 aromatic heterocycles. The van der Waals surface area contributed by atoms with Crippen LogP contribution in [0.2, 0.25) is 0 Å². The Bertz CT molecular complexity index is 664. The number of alkyl halides is 2. The summed E-state index contributed by atoms with van der Waals surface area (Å²) >= 11 is 0. The van der Waals surface area contributed by atoms with Gasteiger partial charge in [-0.1, -0.05) is 0 Å². The molecular formula is C16H21F2N4O4+. The SMILES string of the molecule is O=C(CC[NH+]1CCCCC1)N/N=C\c1cc([N+](=O)[O-])ccc1OC(F)F. The first-order valence-electron chi connectivity index (χ1n) is 8.34. The summed E-state index contributed by atoms with van der Waals surface area (Å²) in [4.78, 5) is 23.3. The third-order valence-corrected chi connectivity index (χ3v) is 4.08. The molecule has 1 aromatic carbocycles. The minimum Gasteiger partial charge on any atom is -0.434 e. The van der Waals surface area contributed by atoms with E-state index in [9.17, 15) is 23.7 Å². The van der Waals surface area contributed by atoms with Crippen LogP contribution in [0.25, 0.3) is 0 Å². The molecule has 1 heterocycles. The Morgan fingerprint density at radius 2 is 2.12 bits per heavy atom. The molecule has 1 saturated heterocycles. The highest BCUT2D eigenvalue weighted by Crippen LogP contribution is 2.24. The predicted octanol–water partition coefficient (Wildman–Crippen LogP) is 1.11. The highest BCUT2D eigenvalue weighted by atomic mass is 19.3. The average Bonchev–Trinajstić information content (AvgIpc) is 2.61. The first kappa shape index (κ1) is 19.7. The summed E-state index contributed by atoms with van der Waals surface area (Å²) in [6.45, 7) is -0.264. The molecule has 2 N–H and O–H groups in total. The molecule has 0 radical (unpaired) electrons. The van der Waals surface area contributed by atoms with E-state index in [0.717, 1.165) is 50.3 Å². The van der Waals surface area contributed by atoms with Crippen molar-refractivity contribution in [2.24, 2.45) is 5.10 Å². The van der Waals surface area contributed by atoms with Crippen molar-refractivity contribution in [2.75, 3.05) is 19.6 Å². The molecule has 1 amide bonds. The summed E-state index contributed by atoms with van der Waals surface area (Å²) in [5.41, 5.74) is 1.98. The van der Waals surface area contributed by atoms with Crippen molar-refractivity contribution in [2.45, 2.75) is 32.3 Å². The van der Waals surface area contributed by atoms with Gasteiger partial charge in [-0.2, -0.15) is 13.9 Å². The van der Waals surface area contributed by atoms with E-state index in [4.69, 9.17) is 0 Å². The zero-order chi connectivity index (χ0) is 18.9. The van der Waals surface area contributed by atoms with E-state index in [1.807, 2.05) is 0 Å². The highest BCUT2D eigenvalue weighted by molar-refractivity contribution is 5.86. The second-order valence-electron chi connectivity index (χ2n) is 5.96. The van der Waals surface area contributed by atoms with Crippen molar-refractivity contribution in [3.63, 3.8) is 0 Å². The van der Waals surface area contributed by atoms with E-state index >= 15 is 0 Å². The zero-order valence-electron chi connectivity index (χ0n) is 14.1. The number of likely N-dealkylation sites (tertiary alicyclic amines) is 1. The van der Waals surface area contributed by atoms with Gasteiger partial charge < -0.3 is 9.64 Å². The Hall–Kier alpha value is -2.62. The Balaban J connectivity index is 1.93. The Morgan fingerprint density at radius 3 is 2.77 bits per heavy atom. The van der Waals surface area contributed by atoms with Crippen molar-refractivity contribution < 1.29 is 28.1 Å². The van der Waals surface area contributed by atoms with Crippen LogP contribution in [0.15, 0.2) is 23.3 Å². The normalized spacial score (nSPS) is 15.3. The number of halogens is 2. The Morgan fingerprint density at radius 1 is 1.38 bits per heavy atom. The van der Waals surface area contributed by atoms with Gasteiger partial charge >= 0.3 is 6.61 Å². The average molecular weight is 371 g/mol. The predicted molar refractivity (Wildman–Crippen MR) is 89.5 cm³/mol. The second kappa shape index (κ2) is 9.76. The molecule has 0 bridgehead atoms. The van der Waals surface area contributed by atoms with Crippen LogP contribution in [0.4, 0.5) is 14.5 Å². The molecule has 0 spiro atoms. The quantitative estimate of drug-likeness (QED) is 0.406. The van der Waals surface area contributed by atoms with E-state index in [2.05, 4.69) is 15.3 Å². The van der Waals surface area contributed by atoms with Crippen molar-refractivity contribution in [1.29, 1.82) is 0 Å². The number of nitro benzene ring substituents is 1. The van der Waals surface area contributed by atoms with E-state index in [0.29, 0.717) is 13.0 Å². The molecular weight excluding hydrogens is 350 g/mol. The van der Waals surface area contributed by atoms with Crippen molar-refractivity contribution in [3.05, 3.63) is 33.9 Å². The van der Waals surface area contributed by atoms with Crippen LogP contribution in [0.3, 0.4) is 0 Å². The Labute approximate surface area is 149 Å². The summed E-state index contributed by atoms with van der Waals surface area (Å²) in [6, 6.07) is 3.16. The fourth-order valence-corrected chi connectivity index (χ4v) is 2.78. The maximum absolute atomic E-state index is 12.4. The van der Waals surface area contributed by atoms with Gasteiger partial charge in [-0.05, 0) is 25.3 Å². The van der Waals surface area contributed by atoms with Crippen LogP contribution in [-0.2, 0) is 4.79 Å². The summed E-state index contributed by atoms with van der Waals surface area (Å²) in [7, 11) is 0. The van der Waals surface area contributed by atoms with Gasteiger partial charge in [-0.3, -0.25) is 14.9 Å². The molecule has 0 atom stereocenters. The second-order valence-corrected chi connectivity index (χ2v) is 5.96. The van der Waals surface area contributed by atoms with Crippen LogP contribution in [0.1, 0.15) is 31.2 Å². The fourth-order valence-electron chi connectivity index (χ4n) is 2.78. The lowest BCUT2D eigenvalue weighted by Crippen LogP contribution is -3.12. The molecule has 1 aromatic rings. The lowest BCUT2D eigenvalue weighted by atomic mass is 10.1. The number of hydrazone groups is 1. The largest absolute Gasteiger partial charge is 0.434 e. The maximum atomic E-state index is 12.4. The van der Waals surface area contributed by atoms with Gasteiger partial charge in [0, 0.05) is 17.7 Å². The number of piperidine rings is 1. The van der Waals surface area contributed by atoms with Gasteiger partial charge in [-0.15, -0.1) is 0 Å². The van der Waals surface area contributed by atoms with Gasteiger partial charge in [-0.25, -0.2) is 5.43 Å². The highest BCUT2D eigenvalue weighted by Gasteiger charge is 2.15. The van der Waals surface area contributed by atoms with Gasteiger partial charge in [0.15, 0.2) is 0 Å². The first-order chi connectivity index (χ1) is 12.5. The number of hydrogen-bond acceptors (Lipinski definition) is 5. The van der Waals surface area contributed by atoms with Crippen LogP contribution < -0.4 is 15.1 Å². The van der Waals surface area contributed by atoms with Crippen molar-refractivity contribution in [3.8, 4) is 5.75 Å². The van der Waals surface area contributed by atoms with Crippen molar-refractivity contribution in [1.82, 2.24) is 5.43 Å². The smallest absolute Gasteiger partial charge is 0.387 e. The van der Waals surface area contributed by atoms with E-state index in [1.54, 1.807) is 0 Å². The Kier molecular flexibility index (Phi) is 7.39. The van der Waals surface area contributed by atoms with Crippen molar-refractivity contribution >= 4 is 17.8 Å². The first-order valence-corrected chi connectivity index (χ1v) is 8.34. The molecule has 1 aliphatic rings. The van der Waals surface area contributed by atoms with Gasteiger partial charge in [0.25, 0.3) is 5.69 Å². The lowest BCUT2D eigenvalue weighted by Gasteiger charge is -2.22. The number of non-ortho nitro benzene ring substituents is 1. The maximum Gasteiger partial charge on any atom is 0.387 e. The topological polar surface area (TPSA) is 98.3 Å². The molecule has 0 unspecified atom stereocenters. The van der Waals surface area contributed by atoms with Gasteiger partial charge in [0.1, 0.15) is 5.75 Å². The summed E-state index contributed by atoms with van der Waals surface area (Å²) < 4.78 is 29.1. The minimum atomic E-state index is -3.08. The number of benzene rings is 1. The number of nitrogens with one attached hydrogen (secondary N) is 2. The van der Waals surface area contributed by atoms with E-state index < -0.39 is 11.5 Å². The standard InChI is InChI=1S/C16H20F2N4O4/c17-16(18)26-14-5-4-13(22(24)25)10-12(14)11-19-20-15(23)6-9-21-7-2-1-3-8-21/h4-5,10-11,16H,1-3,6-9H2,(H,20,23)/p+1/b19-11-. The number of carbonyl (C=O) groups excluding carboxylic acids is 1. The van der Waals surface area contributed by atoms with Crippen LogP contribution in [-0.4, -0.2) is 43.3 Å².